The Bertz CT molecular complexity index is 1280. The van der Waals surface area contributed by atoms with E-state index in [4.69, 9.17) is 4.74 Å². The van der Waals surface area contributed by atoms with Crippen molar-refractivity contribution in [3.63, 3.8) is 0 Å². The van der Waals surface area contributed by atoms with Crippen molar-refractivity contribution >= 4 is 29.6 Å². The van der Waals surface area contributed by atoms with E-state index in [2.05, 4.69) is 10.5 Å². The maximum absolute atomic E-state index is 13.4. The summed E-state index contributed by atoms with van der Waals surface area (Å²) in [4.78, 5) is 40.6. The van der Waals surface area contributed by atoms with E-state index in [9.17, 15) is 19.6 Å². The van der Waals surface area contributed by atoms with Crippen molar-refractivity contribution < 1.29 is 24.3 Å². The minimum Gasteiger partial charge on any atom is -0.467 e. The Morgan fingerprint density at radius 3 is 2.14 bits per heavy atom. The Labute approximate surface area is 208 Å². The molecule has 3 unspecified atom stereocenters. The lowest BCUT2D eigenvalue weighted by Crippen LogP contribution is -2.71. The van der Waals surface area contributed by atoms with Crippen LogP contribution >= 0.6 is 0 Å². The first kappa shape index (κ1) is 24.4. The van der Waals surface area contributed by atoms with Gasteiger partial charge in [-0.15, -0.1) is 0 Å². The van der Waals surface area contributed by atoms with Gasteiger partial charge in [0.05, 0.1) is 13.2 Å². The second kappa shape index (κ2) is 11.1. The van der Waals surface area contributed by atoms with Crippen LogP contribution in [0, 0.1) is 0 Å². The van der Waals surface area contributed by atoms with Gasteiger partial charge in [0.2, 0.25) is 5.91 Å². The summed E-state index contributed by atoms with van der Waals surface area (Å²) in [5.41, 5.74) is 1.65. The van der Waals surface area contributed by atoms with Crippen LogP contribution in [0.4, 0.5) is 0 Å². The third-order valence-corrected chi connectivity index (χ3v) is 5.94. The van der Waals surface area contributed by atoms with Gasteiger partial charge in [-0.05, 0) is 11.1 Å². The maximum Gasteiger partial charge on any atom is 0.333 e. The number of oxime groups is 1. The second-order valence-electron chi connectivity index (χ2n) is 8.11. The van der Waals surface area contributed by atoms with Crippen molar-refractivity contribution in [1.82, 2.24) is 10.2 Å². The topological polar surface area (TPSA) is 108 Å². The summed E-state index contributed by atoms with van der Waals surface area (Å²) >= 11 is 0. The van der Waals surface area contributed by atoms with E-state index in [1.54, 1.807) is 60.7 Å². The van der Waals surface area contributed by atoms with Crippen molar-refractivity contribution in [1.29, 1.82) is 0 Å². The molecule has 1 fully saturated rings. The van der Waals surface area contributed by atoms with Crippen LogP contribution < -0.4 is 5.32 Å². The van der Waals surface area contributed by atoms with E-state index in [1.807, 2.05) is 42.5 Å². The highest BCUT2D eigenvalue weighted by molar-refractivity contribution is 6.45. The quantitative estimate of drug-likeness (QED) is 0.168. The number of rotatable bonds is 8. The molecule has 4 rings (SSSR count). The summed E-state index contributed by atoms with van der Waals surface area (Å²) in [6.07, 6.45) is 3.58. The summed E-state index contributed by atoms with van der Waals surface area (Å²) in [6, 6.07) is 24.1. The Kier molecular flexibility index (Phi) is 7.55. The molecule has 0 saturated carbocycles. The van der Waals surface area contributed by atoms with Gasteiger partial charge in [-0.3, -0.25) is 9.59 Å². The molecule has 3 aromatic carbocycles. The van der Waals surface area contributed by atoms with Crippen molar-refractivity contribution in [2.75, 3.05) is 7.11 Å². The normalized spacial score (nSPS) is 18.4. The SMILES string of the molecule is COC(=O)C(c1ccccc1)N1C(=O)C(NC(=O)/C(=N/O)c2ccccc2)C1/C=C/c1ccccc1. The Hall–Kier alpha value is -4.72. The van der Waals surface area contributed by atoms with Crippen LogP contribution in [0.2, 0.25) is 0 Å². The third-order valence-electron chi connectivity index (χ3n) is 5.94. The van der Waals surface area contributed by atoms with Crippen LogP contribution in [-0.2, 0) is 19.1 Å². The van der Waals surface area contributed by atoms with Gasteiger partial charge in [0.15, 0.2) is 11.8 Å². The molecule has 0 aromatic heterocycles. The largest absolute Gasteiger partial charge is 0.467 e. The summed E-state index contributed by atoms with van der Waals surface area (Å²) < 4.78 is 5.02. The molecule has 1 saturated heterocycles. The Morgan fingerprint density at radius 1 is 0.972 bits per heavy atom. The molecule has 1 aliphatic heterocycles. The van der Waals surface area contributed by atoms with E-state index in [0.717, 1.165) is 5.56 Å². The van der Waals surface area contributed by atoms with Crippen LogP contribution in [0.1, 0.15) is 22.7 Å². The third kappa shape index (κ3) is 5.02. The highest BCUT2D eigenvalue weighted by atomic mass is 16.5. The van der Waals surface area contributed by atoms with Crippen LogP contribution in [0.25, 0.3) is 6.08 Å². The number of nitrogens with one attached hydrogen (secondary N) is 1. The van der Waals surface area contributed by atoms with E-state index >= 15 is 0 Å². The van der Waals surface area contributed by atoms with Crippen LogP contribution in [-0.4, -0.2) is 52.8 Å². The maximum atomic E-state index is 13.4. The molecule has 1 aliphatic rings. The van der Waals surface area contributed by atoms with Crippen LogP contribution in [0.15, 0.2) is 102 Å². The molecule has 3 atom stereocenters. The molecule has 2 amide bonds. The number of β-lactam (4-membered cyclic amide) rings is 1. The molecule has 0 radical (unpaired) electrons. The monoisotopic (exact) mass is 483 g/mol. The zero-order chi connectivity index (χ0) is 25.5. The molecule has 182 valence electrons. The number of ether oxygens (including phenoxy) is 1. The second-order valence-corrected chi connectivity index (χ2v) is 8.11. The van der Waals surface area contributed by atoms with E-state index in [1.165, 1.54) is 12.0 Å². The lowest BCUT2D eigenvalue weighted by molar-refractivity contribution is -0.165. The average molecular weight is 484 g/mol. The van der Waals surface area contributed by atoms with Crippen molar-refractivity contribution in [3.05, 3.63) is 114 Å². The van der Waals surface area contributed by atoms with Gasteiger partial charge >= 0.3 is 5.97 Å². The minimum absolute atomic E-state index is 0.222. The van der Waals surface area contributed by atoms with Gasteiger partial charge in [-0.25, -0.2) is 4.79 Å². The summed E-state index contributed by atoms with van der Waals surface area (Å²) in [7, 11) is 1.26. The smallest absolute Gasteiger partial charge is 0.333 e. The number of hydrogen-bond donors (Lipinski definition) is 2. The molecule has 2 N–H and O–H groups in total. The average Bonchev–Trinajstić information content (AvgIpc) is 2.93. The molecule has 0 spiro atoms. The molecule has 3 aromatic rings. The number of carbonyl (C=O) groups is 3. The molecule has 0 aliphatic carbocycles. The number of carbonyl (C=O) groups excluding carboxylic acids is 3. The molecule has 36 heavy (non-hydrogen) atoms. The number of nitrogens with zero attached hydrogens (tertiary/aromatic N) is 2. The molecular formula is C28H25N3O5. The van der Waals surface area contributed by atoms with Gasteiger partial charge < -0.3 is 20.2 Å². The van der Waals surface area contributed by atoms with Gasteiger partial charge in [0.1, 0.15) is 6.04 Å². The minimum atomic E-state index is -0.998. The lowest BCUT2D eigenvalue weighted by Gasteiger charge is -2.48. The van der Waals surface area contributed by atoms with Crippen LogP contribution in [0.5, 0.6) is 0 Å². The fraction of sp³-hybridized carbons (Fsp3) is 0.143. The predicted molar refractivity (Wildman–Crippen MR) is 134 cm³/mol. The van der Waals surface area contributed by atoms with Crippen molar-refractivity contribution in [3.8, 4) is 0 Å². The fourth-order valence-electron chi connectivity index (χ4n) is 4.15. The van der Waals surface area contributed by atoms with E-state index in [0.29, 0.717) is 11.1 Å². The van der Waals surface area contributed by atoms with Crippen molar-refractivity contribution in [2.45, 2.75) is 18.1 Å². The number of benzene rings is 3. The summed E-state index contributed by atoms with van der Waals surface area (Å²) in [5, 5.41) is 15.3. The summed E-state index contributed by atoms with van der Waals surface area (Å²) in [5.74, 6) is -1.77. The number of hydrogen-bond acceptors (Lipinski definition) is 6. The number of amides is 2. The number of likely N-dealkylation sites (tertiary alicyclic amines) is 1. The zero-order valence-corrected chi connectivity index (χ0v) is 19.5. The van der Waals surface area contributed by atoms with Crippen molar-refractivity contribution in [2.24, 2.45) is 5.16 Å². The van der Waals surface area contributed by atoms with Gasteiger partial charge in [-0.2, -0.15) is 0 Å². The van der Waals surface area contributed by atoms with Gasteiger partial charge in [0.25, 0.3) is 5.91 Å². The number of esters is 1. The standard InChI is InChI=1S/C28H25N3O5/c1-36-28(34)25(21-15-9-4-10-16-21)31-22(18-17-19-11-5-2-6-12-19)24(27(31)33)29-26(32)23(30-35)20-13-7-3-8-14-20/h2-18,22,24-25,35H,1H3,(H,29,32)/b18-17+,30-23+. The highest BCUT2D eigenvalue weighted by Gasteiger charge is 2.52. The van der Waals surface area contributed by atoms with E-state index < -0.39 is 35.9 Å². The molecule has 1 heterocycles. The molecule has 8 nitrogen and oxygen atoms in total. The Balaban J connectivity index is 1.66. The Morgan fingerprint density at radius 2 is 1.56 bits per heavy atom. The molecule has 8 heteroatoms. The first-order valence-electron chi connectivity index (χ1n) is 11.3. The molecule has 0 bridgehead atoms. The molecular weight excluding hydrogens is 458 g/mol. The lowest BCUT2D eigenvalue weighted by atomic mass is 9.88. The zero-order valence-electron chi connectivity index (χ0n) is 19.5. The first-order chi connectivity index (χ1) is 17.5. The van der Waals surface area contributed by atoms with Crippen LogP contribution in [0.3, 0.4) is 0 Å². The summed E-state index contributed by atoms with van der Waals surface area (Å²) in [6.45, 7) is 0. The fourth-order valence-corrected chi connectivity index (χ4v) is 4.15. The van der Waals surface area contributed by atoms with Gasteiger partial charge in [-0.1, -0.05) is 108 Å². The van der Waals surface area contributed by atoms with Gasteiger partial charge in [0, 0.05) is 5.56 Å². The highest BCUT2D eigenvalue weighted by Crippen LogP contribution is 2.34. The first-order valence-corrected chi connectivity index (χ1v) is 11.3. The van der Waals surface area contributed by atoms with E-state index in [-0.39, 0.29) is 5.71 Å². The predicted octanol–water partition coefficient (Wildman–Crippen LogP) is 3.19. The number of methoxy groups -OCH3 is 1.